The van der Waals surface area contributed by atoms with Crippen LogP contribution < -0.4 is 0 Å². The molecule has 0 amide bonds. The molecule has 15 heavy (non-hydrogen) atoms. The molecule has 0 saturated heterocycles. The molecule has 0 spiro atoms. The Morgan fingerprint density at radius 3 is 2.47 bits per heavy atom. The van der Waals surface area contributed by atoms with Gasteiger partial charge in [-0.2, -0.15) is 0 Å². The van der Waals surface area contributed by atoms with Gasteiger partial charge in [0.1, 0.15) is 11.6 Å². The second-order valence-electron chi connectivity index (χ2n) is 4.80. The lowest BCUT2D eigenvalue weighted by Crippen LogP contribution is -2.19. The molecule has 0 radical (unpaired) electrons. The third-order valence-corrected chi connectivity index (χ3v) is 3.60. The summed E-state index contributed by atoms with van der Waals surface area (Å²) in [5.41, 5.74) is 0. The Kier molecular flexibility index (Phi) is 3.08. The first-order valence-electron chi connectivity index (χ1n) is 6.12. The van der Waals surface area contributed by atoms with Crippen molar-refractivity contribution in [1.29, 1.82) is 0 Å². The van der Waals surface area contributed by atoms with Crippen molar-refractivity contribution in [3.05, 3.63) is 11.6 Å². The average molecular weight is 207 g/mol. The van der Waals surface area contributed by atoms with Crippen molar-refractivity contribution in [2.75, 3.05) is 0 Å². The van der Waals surface area contributed by atoms with Crippen LogP contribution in [0.3, 0.4) is 0 Å². The normalized spacial score (nSPS) is 26.9. The van der Waals surface area contributed by atoms with Crippen molar-refractivity contribution in [3.8, 4) is 0 Å². The molecule has 1 aromatic heterocycles. The lowest BCUT2D eigenvalue weighted by molar-refractivity contribution is 0.282. The quantitative estimate of drug-likeness (QED) is 0.746. The van der Waals surface area contributed by atoms with Crippen LogP contribution in [0.15, 0.2) is 0 Å². The summed E-state index contributed by atoms with van der Waals surface area (Å²) in [4.78, 5) is 0. The first-order chi connectivity index (χ1) is 7.22. The fourth-order valence-electron chi connectivity index (χ4n) is 2.63. The Hall–Kier alpha value is -0.860. The fourth-order valence-corrected chi connectivity index (χ4v) is 2.63. The van der Waals surface area contributed by atoms with Crippen LogP contribution in [0.4, 0.5) is 0 Å². The number of aromatic nitrogens is 3. The zero-order chi connectivity index (χ0) is 10.8. The standard InChI is InChI=1S/C12H21N3/c1-4-12-14-13-10(3)15(12)11-7-5-9(2)6-8-11/h9,11H,4-8H2,1-3H3. The molecule has 3 heteroatoms. The van der Waals surface area contributed by atoms with E-state index in [-0.39, 0.29) is 0 Å². The molecule has 0 unspecified atom stereocenters. The highest BCUT2D eigenvalue weighted by molar-refractivity contribution is 4.97. The minimum absolute atomic E-state index is 0.658. The maximum atomic E-state index is 4.24. The summed E-state index contributed by atoms with van der Waals surface area (Å²) in [5.74, 6) is 3.15. The maximum absolute atomic E-state index is 4.24. The summed E-state index contributed by atoms with van der Waals surface area (Å²) in [5, 5.41) is 8.44. The van der Waals surface area contributed by atoms with Crippen LogP contribution in [0, 0.1) is 12.8 Å². The van der Waals surface area contributed by atoms with Crippen LogP contribution in [0.5, 0.6) is 0 Å². The van der Waals surface area contributed by atoms with E-state index in [0.29, 0.717) is 6.04 Å². The van der Waals surface area contributed by atoms with Crippen LogP contribution in [0.1, 0.15) is 57.2 Å². The number of nitrogens with zero attached hydrogens (tertiary/aromatic N) is 3. The summed E-state index contributed by atoms with van der Waals surface area (Å²) in [7, 11) is 0. The Labute approximate surface area is 91.9 Å². The highest BCUT2D eigenvalue weighted by atomic mass is 15.3. The predicted octanol–water partition coefficient (Wildman–Crippen LogP) is 2.90. The van der Waals surface area contributed by atoms with Gasteiger partial charge in [-0.15, -0.1) is 10.2 Å². The molecular weight excluding hydrogens is 186 g/mol. The molecule has 0 aromatic carbocycles. The van der Waals surface area contributed by atoms with E-state index in [2.05, 4.69) is 35.5 Å². The van der Waals surface area contributed by atoms with E-state index >= 15 is 0 Å². The summed E-state index contributed by atoms with van der Waals surface area (Å²) >= 11 is 0. The Morgan fingerprint density at radius 2 is 1.87 bits per heavy atom. The van der Waals surface area contributed by atoms with Gasteiger partial charge in [0, 0.05) is 12.5 Å². The SMILES string of the molecule is CCc1nnc(C)n1C1CCC(C)CC1. The van der Waals surface area contributed by atoms with E-state index in [1.165, 1.54) is 25.7 Å². The molecule has 1 saturated carbocycles. The minimum Gasteiger partial charge on any atom is -0.312 e. The molecule has 1 aromatic rings. The van der Waals surface area contributed by atoms with E-state index in [4.69, 9.17) is 0 Å². The number of hydrogen-bond acceptors (Lipinski definition) is 2. The smallest absolute Gasteiger partial charge is 0.132 e. The van der Waals surface area contributed by atoms with Gasteiger partial charge in [-0.3, -0.25) is 0 Å². The van der Waals surface area contributed by atoms with Gasteiger partial charge in [0.2, 0.25) is 0 Å². The Balaban J connectivity index is 2.17. The third-order valence-electron chi connectivity index (χ3n) is 3.60. The topological polar surface area (TPSA) is 30.7 Å². The summed E-state index contributed by atoms with van der Waals surface area (Å²) in [6, 6.07) is 0.658. The fraction of sp³-hybridized carbons (Fsp3) is 0.833. The van der Waals surface area contributed by atoms with Gasteiger partial charge in [0.05, 0.1) is 0 Å². The zero-order valence-electron chi connectivity index (χ0n) is 10.0. The Morgan fingerprint density at radius 1 is 1.20 bits per heavy atom. The second kappa shape index (κ2) is 4.33. The van der Waals surface area contributed by atoms with Crippen LogP contribution in [0.2, 0.25) is 0 Å². The summed E-state index contributed by atoms with van der Waals surface area (Å²) in [6.07, 6.45) is 6.30. The van der Waals surface area contributed by atoms with Crippen LogP contribution in [-0.4, -0.2) is 14.8 Å². The van der Waals surface area contributed by atoms with E-state index in [0.717, 1.165) is 24.0 Å². The van der Waals surface area contributed by atoms with Gasteiger partial charge in [-0.1, -0.05) is 13.8 Å². The predicted molar refractivity (Wildman–Crippen MR) is 60.8 cm³/mol. The number of hydrogen-bond donors (Lipinski definition) is 0. The van der Waals surface area contributed by atoms with E-state index in [9.17, 15) is 0 Å². The number of aryl methyl sites for hydroxylation is 2. The molecular formula is C12H21N3. The lowest BCUT2D eigenvalue weighted by atomic mass is 9.87. The number of rotatable bonds is 2. The Bertz CT molecular complexity index is 322. The molecule has 0 atom stereocenters. The summed E-state index contributed by atoms with van der Waals surface area (Å²) < 4.78 is 2.37. The maximum Gasteiger partial charge on any atom is 0.132 e. The van der Waals surface area contributed by atoms with Crippen LogP contribution in [-0.2, 0) is 6.42 Å². The highest BCUT2D eigenvalue weighted by Gasteiger charge is 2.22. The van der Waals surface area contributed by atoms with Gasteiger partial charge in [-0.25, -0.2) is 0 Å². The van der Waals surface area contributed by atoms with E-state index in [1.807, 2.05) is 0 Å². The molecule has 1 heterocycles. The molecule has 1 aliphatic carbocycles. The van der Waals surface area contributed by atoms with Crippen molar-refractivity contribution in [1.82, 2.24) is 14.8 Å². The van der Waals surface area contributed by atoms with Crippen molar-refractivity contribution in [3.63, 3.8) is 0 Å². The molecule has 2 rings (SSSR count). The largest absolute Gasteiger partial charge is 0.312 e. The summed E-state index contributed by atoms with van der Waals surface area (Å²) in [6.45, 7) is 6.59. The van der Waals surface area contributed by atoms with Crippen molar-refractivity contribution >= 4 is 0 Å². The van der Waals surface area contributed by atoms with Gasteiger partial charge in [-0.05, 0) is 38.5 Å². The zero-order valence-corrected chi connectivity index (χ0v) is 10.0. The van der Waals surface area contributed by atoms with Crippen LogP contribution in [0.25, 0.3) is 0 Å². The first kappa shape index (κ1) is 10.7. The van der Waals surface area contributed by atoms with Crippen LogP contribution >= 0.6 is 0 Å². The molecule has 0 aliphatic heterocycles. The van der Waals surface area contributed by atoms with Gasteiger partial charge < -0.3 is 4.57 Å². The molecule has 0 bridgehead atoms. The average Bonchev–Trinajstić information content (AvgIpc) is 2.61. The molecule has 1 aliphatic rings. The van der Waals surface area contributed by atoms with Crippen molar-refractivity contribution in [2.45, 2.75) is 58.9 Å². The monoisotopic (exact) mass is 207 g/mol. The van der Waals surface area contributed by atoms with E-state index in [1.54, 1.807) is 0 Å². The van der Waals surface area contributed by atoms with Gasteiger partial charge in [0.15, 0.2) is 0 Å². The molecule has 3 nitrogen and oxygen atoms in total. The van der Waals surface area contributed by atoms with E-state index < -0.39 is 0 Å². The first-order valence-corrected chi connectivity index (χ1v) is 6.12. The minimum atomic E-state index is 0.658. The van der Waals surface area contributed by atoms with Crippen molar-refractivity contribution in [2.24, 2.45) is 5.92 Å². The molecule has 84 valence electrons. The highest BCUT2D eigenvalue weighted by Crippen LogP contribution is 2.32. The van der Waals surface area contributed by atoms with Gasteiger partial charge in [0.25, 0.3) is 0 Å². The molecule has 0 N–H and O–H groups in total. The second-order valence-corrected chi connectivity index (χ2v) is 4.80. The lowest BCUT2D eigenvalue weighted by Gasteiger charge is -2.28. The van der Waals surface area contributed by atoms with Crippen molar-refractivity contribution < 1.29 is 0 Å². The third kappa shape index (κ3) is 2.06. The molecule has 1 fully saturated rings. The van der Waals surface area contributed by atoms with Gasteiger partial charge >= 0.3 is 0 Å².